The van der Waals surface area contributed by atoms with Crippen LogP contribution in [0.4, 0.5) is 5.95 Å². The molecule has 0 aliphatic heterocycles. The maximum Gasteiger partial charge on any atom is 0.328 e. The van der Waals surface area contributed by atoms with Crippen molar-refractivity contribution in [1.29, 1.82) is 0 Å². The van der Waals surface area contributed by atoms with Gasteiger partial charge in [-0.2, -0.15) is 0 Å². The van der Waals surface area contributed by atoms with E-state index in [1.165, 1.54) is 6.08 Å². The summed E-state index contributed by atoms with van der Waals surface area (Å²) in [4.78, 5) is 23.3. The van der Waals surface area contributed by atoms with Gasteiger partial charge in [0.15, 0.2) is 0 Å². The molecule has 0 fully saturated rings. The van der Waals surface area contributed by atoms with Gasteiger partial charge in [0.05, 0.1) is 0 Å². The van der Waals surface area contributed by atoms with Crippen LogP contribution in [0.3, 0.4) is 0 Å². The minimum Gasteiger partial charge on any atom is -0.478 e. The van der Waals surface area contributed by atoms with Crippen LogP contribution in [-0.4, -0.2) is 59.2 Å². The van der Waals surface area contributed by atoms with E-state index >= 15 is 0 Å². The molecule has 0 radical (unpaired) electrons. The predicted molar refractivity (Wildman–Crippen MR) is 79.7 cm³/mol. The van der Waals surface area contributed by atoms with Crippen molar-refractivity contribution >= 4 is 18.0 Å². The third-order valence-electron chi connectivity index (χ3n) is 2.84. The number of aliphatic carboxylic acids is 1. The number of carboxylic acids is 1. The molecule has 20 heavy (non-hydrogen) atoms. The molecule has 0 amide bonds. The first kappa shape index (κ1) is 16.1. The average molecular weight is 278 g/mol. The molecule has 0 aliphatic carbocycles. The Morgan fingerprint density at radius 3 is 2.45 bits per heavy atom. The Bertz CT molecular complexity index is 457. The van der Waals surface area contributed by atoms with Crippen molar-refractivity contribution in [2.75, 3.05) is 32.1 Å². The molecule has 1 atom stereocenters. The number of rotatable bonds is 7. The third kappa shape index (κ3) is 4.97. The van der Waals surface area contributed by atoms with Gasteiger partial charge in [-0.05, 0) is 34.0 Å². The first-order valence-corrected chi connectivity index (χ1v) is 6.58. The maximum atomic E-state index is 10.4. The minimum absolute atomic E-state index is 0.301. The summed E-state index contributed by atoms with van der Waals surface area (Å²) in [5.74, 6) is -0.321. The molecule has 6 heteroatoms. The minimum atomic E-state index is -0.983. The number of carbonyl (C=O) groups is 1. The van der Waals surface area contributed by atoms with Crippen molar-refractivity contribution in [3.8, 4) is 0 Å². The molecule has 1 N–H and O–H groups in total. The van der Waals surface area contributed by atoms with Crippen molar-refractivity contribution in [3.63, 3.8) is 0 Å². The van der Waals surface area contributed by atoms with Crippen LogP contribution < -0.4 is 4.90 Å². The van der Waals surface area contributed by atoms with E-state index in [2.05, 4.69) is 33.6 Å². The smallest absolute Gasteiger partial charge is 0.328 e. The van der Waals surface area contributed by atoms with Crippen molar-refractivity contribution in [1.82, 2.24) is 14.9 Å². The molecule has 6 nitrogen and oxygen atoms in total. The molecule has 1 unspecified atom stereocenters. The summed E-state index contributed by atoms with van der Waals surface area (Å²) in [5.41, 5.74) is 0.674. The lowest BCUT2D eigenvalue weighted by Crippen LogP contribution is -2.41. The molecule has 0 saturated heterocycles. The second kappa shape index (κ2) is 7.59. The molecule has 0 aromatic carbocycles. The highest BCUT2D eigenvalue weighted by atomic mass is 16.4. The van der Waals surface area contributed by atoms with E-state index in [4.69, 9.17) is 5.11 Å². The largest absolute Gasteiger partial charge is 0.478 e. The molecule has 0 aliphatic rings. The van der Waals surface area contributed by atoms with Crippen LogP contribution in [0.1, 0.15) is 19.4 Å². The number of anilines is 1. The Labute approximate surface area is 119 Å². The Hall–Kier alpha value is -1.95. The lowest BCUT2D eigenvalue weighted by Gasteiger charge is -2.29. The lowest BCUT2D eigenvalue weighted by atomic mass is 10.2. The fourth-order valence-electron chi connectivity index (χ4n) is 2.01. The van der Waals surface area contributed by atoms with E-state index in [9.17, 15) is 4.79 Å². The van der Waals surface area contributed by atoms with Gasteiger partial charge in [0, 0.05) is 43.2 Å². The summed E-state index contributed by atoms with van der Waals surface area (Å²) in [7, 11) is 4.07. The lowest BCUT2D eigenvalue weighted by molar-refractivity contribution is -0.131. The molecule has 0 saturated carbocycles. The Morgan fingerprint density at radius 2 is 2.00 bits per heavy atom. The average Bonchev–Trinajstić information content (AvgIpc) is 2.37. The number of hydrogen-bond acceptors (Lipinski definition) is 5. The third-order valence-corrected chi connectivity index (χ3v) is 2.84. The second-order valence-electron chi connectivity index (χ2n) is 4.89. The van der Waals surface area contributed by atoms with Gasteiger partial charge < -0.3 is 14.9 Å². The van der Waals surface area contributed by atoms with E-state index in [-0.39, 0.29) is 0 Å². The summed E-state index contributed by atoms with van der Waals surface area (Å²) in [6, 6.07) is 0.301. The van der Waals surface area contributed by atoms with E-state index < -0.39 is 5.97 Å². The van der Waals surface area contributed by atoms with Gasteiger partial charge in [-0.25, -0.2) is 14.8 Å². The SMILES string of the molecule is CCN(c1ncc(/C=C/C(=O)O)cn1)C(C)CN(C)C. The molecule has 1 rings (SSSR count). The van der Waals surface area contributed by atoms with Crippen molar-refractivity contribution in [2.24, 2.45) is 0 Å². The van der Waals surface area contributed by atoms with Gasteiger partial charge >= 0.3 is 5.97 Å². The van der Waals surface area contributed by atoms with Crippen LogP contribution in [0.15, 0.2) is 18.5 Å². The molecule has 0 spiro atoms. The van der Waals surface area contributed by atoms with Crippen molar-refractivity contribution < 1.29 is 9.90 Å². The molecule has 1 heterocycles. The zero-order valence-electron chi connectivity index (χ0n) is 12.4. The van der Waals surface area contributed by atoms with Crippen LogP contribution in [0.2, 0.25) is 0 Å². The Morgan fingerprint density at radius 1 is 1.40 bits per heavy atom. The highest BCUT2D eigenvalue weighted by molar-refractivity contribution is 5.85. The summed E-state index contributed by atoms with van der Waals surface area (Å²) < 4.78 is 0. The Kier molecular flexibility index (Phi) is 6.11. The Balaban J connectivity index is 2.81. The molecular weight excluding hydrogens is 256 g/mol. The predicted octanol–water partition coefficient (Wildman–Crippen LogP) is 1.35. The number of carboxylic acid groups (broad SMARTS) is 1. The van der Waals surface area contributed by atoms with Gasteiger partial charge in [-0.1, -0.05) is 0 Å². The molecule has 110 valence electrons. The number of likely N-dealkylation sites (N-methyl/N-ethyl adjacent to an activating group) is 2. The van der Waals surface area contributed by atoms with Crippen molar-refractivity contribution in [2.45, 2.75) is 19.9 Å². The quantitative estimate of drug-likeness (QED) is 0.759. The number of nitrogens with zero attached hydrogens (tertiary/aromatic N) is 4. The zero-order valence-corrected chi connectivity index (χ0v) is 12.4. The van der Waals surface area contributed by atoms with Gasteiger partial charge in [0.25, 0.3) is 0 Å². The molecule has 1 aromatic rings. The highest BCUT2D eigenvalue weighted by Crippen LogP contribution is 2.12. The number of hydrogen-bond donors (Lipinski definition) is 1. The monoisotopic (exact) mass is 278 g/mol. The van der Waals surface area contributed by atoms with Gasteiger partial charge in [0.2, 0.25) is 5.95 Å². The first-order valence-electron chi connectivity index (χ1n) is 6.58. The van der Waals surface area contributed by atoms with Crippen LogP contribution in [0, 0.1) is 0 Å². The standard InChI is InChI=1S/C14H22N4O2/c1-5-18(11(2)10-17(3)4)14-15-8-12(9-16-14)6-7-13(19)20/h6-9,11H,5,10H2,1-4H3,(H,19,20)/b7-6+. The number of aromatic nitrogens is 2. The molecular formula is C14H22N4O2. The van der Waals surface area contributed by atoms with E-state index in [1.807, 2.05) is 14.1 Å². The van der Waals surface area contributed by atoms with E-state index in [0.717, 1.165) is 19.2 Å². The summed E-state index contributed by atoms with van der Waals surface area (Å²) >= 11 is 0. The van der Waals surface area contributed by atoms with Crippen LogP contribution >= 0.6 is 0 Å². The van der Waals surface area contributed by atoms with Gasteiger partial charge in [0.1, 0.15) is 0 Å². The van der Waals surface area contributed by atoms with Crippen molar-refractivity contribution in [3.05, 3.63) is 24.0 Å². The first-order chi connectivity index (χ1) is 9.43. The summed E-state index contributed by atoms with van der Waals surface area (Å²) in [5, 5.41) is 8.57. The van der Waals surface area contributed by atoms with E-state index in [1.54, 1.807) is 12.4 Å². The van der Waals surface area contributed by atoms with Gasteiger partial charge in [-0.3, -0.25) is 0 Å². The van der Waals surface area contributed by atoms with Crippen LogP contribution in [-0.2, 0) is 4.79 Å². The molecule has 1 aromatic heterocycles. The topological polar surface area (TPSA) is 69.6 Å². The van der Waals surface area contributed by atoms with Crippen LogP contribution in [0.5, 0.6) is 0 Å². The fourth-order valence-corrected chi connectivity index (χ4v) is 2.01. The second-order valence-corrected chi connectivity index (χ2v) is 4.89. The molecule has 0 bridgehead atoms. The zero-order chi connectivity index (χ0) is 15.1. The summed E-state index contributed by atoms with van der Waals surface area (Å²) in [6.07, 6.45) is 5.82. The van der Waals surface area contributed by atoms with E-state index in [0.29, 0.717) is 17.6 Å². The fraction of sp³-hybridized carbons (Fsp3) is 0.500. The van der Waals surface area contributed by atoms with Crippen LogP contribution in [0.25, 0.3) is 6.08 Å². The normalized spacial score (nSPS) is 12.8. The maximum absolute atomic E-state index is 10.4. The highest BCUT2D eigenvalue weighted by Gasteiger charge is 2.15. The summed E-state index contributed by atoms with van der Waals surface area (Å²) in [6.45, 7) is 5.93. The van der Waals surface area contributed by atoms with Gasteiger partial charge in [-0.15, -0.1) is 0 Å².